The number of unbranched alkanes of at least 4 members (excludes halogenated alkanes) is 10. The Morgan fingerprint density at radius 3 is 2.12 bits per heavy atom. The van der Waals surface area contributed by atoms with Crippen molar-refractivity contribution in [1.29, 1.82) is 0 Å². The van der Waals surface area contributed by atoms with E-state index < -0.39 is 12.4 Å². The van der Waals surface area contributed by atoms with Crippen LogP contribution in [0.4, 0.5) is 0 Å². The molecule has 0 spiro atoms. The third kappa shape index (κ3) is 14.7. The largest absolute Gasteiger partial charge is 0.463 e. The van der Waals surface area contributed by atoms with Gasteiger partial charge in [0.25, 0.3) is 0 Å². The second-order valence-electron chi connectivity index (χ2n) is 6.81. The second-order valence-corrected chi connectivity index (χ2v) is 6.81. The normalized spacial score (nSPS) is 18.5. The lowest BCUT2D eigenvalue weighted by Crippen LogP contribution is -2.09. The molecule has 0 N–H and O–H groups in total. The molecule has 0 amide bonds. The maximum atomic E-state index is 11.6. The summed E-state index contributed by atoms with van der Waals surface area (Å²) in [6.45, 7) is 3.26. The van der Waals surface area contributed by atoms with Gasteiger partial charge in [0.1, 0.15) is 12.7 Å². The van der Waals surface area contributed by atoms with Crippen LogP contribution < -0.4 is 0 Å². The number of carbonyl (C=O) groups is 1. The van der Waals surface area contributed by atoms with E-state index in [1.165, 1.54) is 57.8 Å². The van der Waals surface area contributed by atoms with Crippen molar-refractivity contribution in [3.05, 3.63) is 12.2 Å². The highest BCUT2D eigenvalue weighted by molar-refractivity contribution is 5.69. The smallest absolute Gasteiger partial charge is 0.305 e. The van der Waals surface area contributed by atoms with E-state index in [2.05, 4.69) is 19.1 Å². The van der Waals surface area contributed by atoms with Crippen LogP contribution in [0.2, 0.25) is 0 Å². The number of allylic oxidation sites excluding steroid dienone is 2. The zero-order chi connectivity index (χ0) is 18.2. The van der Waals surface area contributed by atoms with Crippen LogP contribution in [-0.2, 0) is 14.3 Å². The van der Waals surface area contributed by atoms with Gasteiger partial charge in [-0.3, -0.25) is 4.79 Å². The lowest BCUT2D eigenvalue weighted by atomic mass is 10.1. The molecule has 0 aromatic rings. The van der Waals surface area contributed by atoms with Crippen molar-refractivity contribution in [3.63, 3.8) is 0 Å². The first-order chi connectivity index (χ1) is 12.2. The number of esters is 1. The first kappa shape index (κ1) is 19.5. The fourth-order valence-electron chi connectivity index (χ4n) is 2.66. The molecule has 3 heteroatoms. The second kappa shape index (κ2) is 15.7. The Hall–Kier alpha value is -0.830. The van der Waals surface area contributed by atoms with Crippen LogP contribution in [0.3, 0.4) is 0 Å². The summed E-state index contributed by atoms with van der Waals surface area (Å²) in [6.07, 6.45) is 19.6. The fourth-order valence-corrected chi connectivity index (χ4v) is 2.66. The van der Waals surface area contributed by atoms with E-state index in [9.17, 15) is 4.79 Å². The van der Waals surface area contributed by atoms with Gasteiger partial charge < -0.3 is 9.47 Å². The Morgan fingerprint density at radius 2 is 1.54 bits per heavy atom. The molecule has 1 fully saturated rings. The van der Waals surface area contributed by atoms with E-state index in [4.69, 9.17) is 10.8 Å². The fraction of sp³-hybridized carbons (Fsp3) is 0.857. The summed E-state index contributed by atoms with van der Waals surface area (Å²) in [4.78, 5) is 11.6. The van der Waals surface area contributed by atoms with Crippen LogP contribution in [0.1, 0.15) is 98.2 Å². The molecule has 0 saturated carbocycles. The van der Waals surface area contributed by atoms with Gasteiger partial charge >= 0.3 is 5.97 Å². The molecule has 1 aliphatic rings. The molecule has 2 atom stereocenters. The van der Waals surface area contributed by atoms with Crippen molar-refractivity contribution in [2.45, 2.75) is 103 Å². The molecule has 0 aromatic carbocycles. The van der Waals surface area contributed by atoms with Crippen molar-refractivity contribution in [2.24, 2.45) is 0 Å². The molecule has 140 valence electrons. The molecular formula is C21H38O3. The van der Waals surface area contributed by atoms with Gasteiger partial charge in [0, 0.05) is 7.77 Å². The van der Waals surface area contributed by atoms with Gasteiger partial charge in [0.05, 0.1) is 6.61 Å². The van der Waals surface area contributed by atoms with Gasteiger partial charge in [0.15, 0.2) is 0 Å². The maximum absolute atomic E-state index is 11.6. The number of ether oxygens (including phenoxy) is 2. The van der Waals surface area contributed by atoms with Crippen molar-refractivity contribution in [1.82, 2.24) is 0 Å². The van der Waals surface area contributed by atoms with Crippen LogP contribution in [0.5, 0.6) is 0 Å². The number of hydrogen-bond acceptors (Lipinski definition) is 3. The van der Waals surface area contributed by atoms with E-state index in [-0.39, 0.29) is 6.10 Å². The summed E-state index contributed by atoms with van der Waals surface area (Å²) in [5, 5.41) is 0. The Labute approximate surface area is 150 Å². The Balaban J connectivity index is 1.79. The summed E-state index contributed by atoms with van der Waals surface area (Å²) in [5.74, 6) is -0.395. The molecule has 1 heterocycles. The third-order valence-electron chi connectivity index (χ3n) is 4.34. The number of carbonyl (C=O) groups excluding carboxylic acids is 1. The van der Waals surface area contributed by atoms with E-state index in [0.717, 1.165) is 19.3 Å². The van der Waals surface area contributed by atoms with E-state index >= 15 is 0 Å². The minimum Gasteiger partial charge on any atom is -0.463 e. The Morgan fingerprint density at radius 1 is 1.00 bits per heavy atom. The number of hydrogen-bond donors (Lipinski definition) is 0. The molecule has 0 aromatic heterocycles. The molecule has 0 bridgehead atoms. The highest BCUT2D eigenvalue weighted by Gasteiger charge is 2.23. The lowest BCUT2D eigenvalue weighted by Gasteiger charge is -2.02. The molecule has 3 nitrogen and oxygen atoms in total. The summed E-state index contributed by atoms with van der Waals surface area (Å²) in [6, 6.07) is 0. The van der Waals surface area contributed by atoms with Crippen LogP contribution >= 0.6 is 0 Å². The number of rotatable bonds is 17. The van der Waals surface area contributed by atoms with Crippen LogP contribution in [-0.4, -0.2) is 25.3 Å². The average Bonchev–Trinajstić information content (AvgIpc) is 3.44. The van der Waals surface area contributed by atoms with Crippen molar-refractivity contribution >= 4 is 5.97 Å². The maximum Gasteiger partial charge on any atom is 0.305 e. The Kier molecular flexibility index (Phi) is 12.7. The molecule has 1 aliphatic heterocycles. The van der Waals surface area contributed by atoms with Gasteiger partial charge in [-0.25, -0.2) is 0 Å². The molecule has 24 heavy (non-hydrogen) atoms. The molecule has 1 rings (SSSR count). The molecule has 2 unspecified atom stereocenters. The zero-order valence-electron chi connectivity index (χ0n) is 16.6. The summed E-state index contributed by atoms with van der Waals surface area (Å²) >= 11 is 0. The summed E-state index contributed by atoms with van der Waals surface area (Å²) in [7, 11) is 0. The lowest BCUT2D eigenvalue weighted by molar-refractivity contribution is -0.144. The van der Waals surface area contributed by atoms with Gasteiger partial charge in [0.2, 0.25) is 0 Å². The summed E-state index contributed by atoms with van der Waals surface area (Å²) in [5.41, 5.74) is 0. The predicted molar refractivity (Wildman–Crippen MR) is 100 cm³/mol. The minimum absolute atomic E-state index is 0.0882. The summed E-state index contributed by atoms with van der Waals surface area (Å²) < 4.78 is 17.8. The van der Waals surface area contributed by atoms with Crippen molar-refractivity contribution in [2.75, 3.05) is 13.2 Å². The van der Waals surface area contributed by atoms with E-state index in [1.54, 1.807) is 0 Å². The van der Waals surface area contributed by atoms with Gasteiger partial charge in [-0.05, 0) is 32.1 Å². The zero-order valence-corrected chi connectivity index (χ0v) is 15.6. The first-order valence-electron chi connectivity index (χ1n) is 10.7. The topological polar surface area (TPSA) is 38.8 Å². The SMILES string of the molecule is [2H]C(CCCCCC/C=C\CCCCCCCC)C(=O)OCC1CO1. The van der Waals surface area contributed by atoms with Crippen LogP contribution in [0, 0.1) is 0 Å². The molecule has 0 aliphatic carbocycles. The van der Waals surface area contributed by atoms with Crippen molar-refractivity contribution in [3.8, 4) is 0 Å². The van der Waals surface area contributed by atoms with Crippen LogP contribution in [0.15, 0.2) is 12.2 Å². The number of epoxide rings is 1. The quantitative estimate of drug-likeness (QED) is 0.142. The van der Waals surface area contributed by atoms with E-state index in [1.807, 2.05) is 0 Å². The van der Waals surface area contributed by atoms with Gasteiger partial charge in [-0.2, -0.15) is 0 Å². The highest BCUT2D eigenvalue weighted by atomic mass is 16.6. The predicted octanol–water partition coefficient (Wildman–Crippen LogP) is 5.97. The minimum atomic E-state index is -0.726. The highest BCUT2D eigenvalue weighted by Crippen LogP contribution is 2.12. The molecular weight excluding hydrogens is 300 g/mol. The van der Waals surface area contributed by atoms with Gasteiger partial charge in [-0.15, -0.1) is 0 Å². The Bertz CT molecular complexity index is 353. The molecule has 1 saturated heterocycles. The van der Waals surface area contributed by atoms with Crippen molar-refractivity contribution < 1.29 is 15.6 Å². The van der Waals surface area contributed by atoms with Crippen LogP contribution in [0.25, 0.3) is 0 Å². The third-order valence-corrected chi connectivity index (χ3v) is 4.34. The van der Waals surface area contributed by atoms with E-state index in [0.29, 0.717) is 19.6 Å². The monoisotopic (exact) mass is 339 g/mol. The average molecular weight is 340 g/mol. The molecule has 0 radical (unpaired) electrons. The standard InChI is InChI=1S/C21H38O3/c1-2-3-4-5-6-7-8-9-10-11-12-13-14-15-16-17-21(22)24-19-20-18-23-20/h9-10,20H,2-8,11-19H2,1H3/b10-9-/i17D. The van der Waals surface area contributed by atoms with Gasteiger partial charge in [-0.1, -0.05) is 70.4 Å². The first-order valence-corrected chi connectivity index (χ1v) is 10.1.